The van der Waals surface area contributed by atoms with Gasteiger partial charge in [-0.05, 0) is 18.2 Å². The van der Waals surface area contributed by atoms with E-state index in [1.165, 1.54) is 6.07 Å². The Hall–Kier alpha value is -2.70. The minimum Gasteiger partial charge on any atom is -0.383 e. The summed E-state index contributed by atoms with van der Waals surface area (Å²) >= 11 is 0. The van der Waals surface area contributed by atoms with Crippen LogP contribution in [-0.4, -0.2) is 32.8 Å². The van der Waals surface area contributed by atoms with Crippen LogP contribution in [0.15, 0.2) is 24.4 Å². The molecule has 0 saturated carbocycles. The van der Waals surface area contributed by atoms with Crippen molar-refractivity contribution in [3.05, 3.63) is 30.0 Å². The SMILES string of the molecule is CN(F)C(=O)c1ccc2nc(N)c3cnn(C)c3c2c1. The molecule has 7 heteroatoms. The summed E-state index contributed by atoms with van der Waals surface area (Å²) in [6, 6.07) is 4.77. The van der Waals surface area contributed by atoms with Crippen LogP contribution in [0.3, 0.4) is 0 Å². The van der Waals surface area contributed by atoms with Crippen molar-refractivity contribution in [1.82, 2.24) is 19.9 Å². The van der Waals surface area contributed by atoms with Crippen molar-refractivity contribution in [1.29, 1.82) is 0 Å². The maximum absolute atomic E-state index is 13.0. The lowest BCUT2D eigenvalue weighted by Gasteiger charge is -2.08. The van der Waals surface area contributed by atoms with Gasteiger partial charge in [-0.1, -0.05) is 4.48 Å². The van der Waals surface area contributed by atoms with Gasteiger partial charge in [-0.15, -0.1) is 0 Å². The molecule has 0 spiro atoms. The second-order valence-electron chi connectivity index (χ2n) is 4.54. The Morgan fingerprint density at radius 2 is 2.15 bits per heavy atom. The van der Waals surface area contributed by atoms with Crippen molar-refractivity contribution in [2.45, 2.75) is 0 Å². The maximum atomic E-state index is 13.0. The summed E-state index contributed by atoms with van der Waals surface area (Å²) in [5, 5.41) is 5.61. The molecule has 0 bridgehead atoms. The van der Waals surface area contributed by atoms with Crippen molar-refractivity contribution < 1.29 is 9.28 Å². The average molecular weight is 273 g/mol. The molecule has 3 rings (SSSR count). The minimum absolute atomic E-state index is 0.0480. The third-order valence-electron chi connectivity index (χ3n) is 3.23. The zero-order valence-electron chi connectivity index (χ0n) is 11.0. The molecule has 0 saturated heterocycles. The molecule has 0 fully saturated rings. The van der Waals surface area contributed by atoms with Gasteiger partial charge < -0.3 is 5.73 Å². The molecule has 0 radical (unpaired) electrons. The topological polar surface area (TPSA) is 77.0 Å². The van der Waals surface area contributed by atoms with Crippen molar-refractivity contribution in [3.8, 4) is 0 Å². The smallest absolute Gasteiger partial charge is 0.281 e. The number of carbonyl (C=O) groups is 1. The molecule has 2 N–H and O–H groups in total. The molecule has 1 amide bonds. The number of carbonyl (C=O) groups excluding carboxylic acids is 1. The molecule has 102 valence electrons. The van der Waals surface area contributed by atoms with Gasteiger partial charge >= 0.3 is 0 Å². The van der Waals surface area contributed by atoms with Gasteiger partial charge in [-0.2, -0.15) is 10.2 Å². The monoisotopic (exact) mass is 273 g/mol. The van der Waals surface area contributed by atoms with E-state index in [0.717, 1.165) is 12.6 Å². The minimum atomic E-state index is -0.709. The predicted octanol–water partition coefficient (Wildman–Crippen LogP) is 1.66. The normalized spacial score (nSPS) is 11.2. The molecule has 6 nitrogen and oxygen atoms in total. The molecule has 0 aliphatic carbocycles. The van der Waals surface area contributed by atoms with Crippen LogP contribution in [0.5, 0.6) is 0 Å². The number of nitrogens with two attached hydrogens (primary N) is 1. The summed E-state index contributed by atoms with van der Waals surface area (Å²) in [4.78, 5) is 16.0. The van der Waals surface area contributed by atoms with Crippen molar-refractivity contribution in [2.24, 2.45) is 7.05 Å². The van der Waals surface area contributed by atoms with Gasteiger partial charge in [-0.3, -0.25) is 9.48 Å². The highest BCUT2D eigenvalue weighted by molar-refractivity contribution is 6.09. The molecule has 3 aromatic rings. The van der Waals surface area contributed by atoms with Crippen LogP contribution in [0.4, 0.5) is 10.3 Å². The third kappa shape index (κ3) is 1.67. The van der Waals surface area contributed by atoms with Crippen LogP contribution in [0.1, 0.15) is 10.4 Å². The van der Waals surface area contributed by atoms with Gasteiger partial charge in [0.05, 0.1) is 22.6 Å². The molecule has 0 aliphatic heterocycles. The number of rotatable bonds is 1. The van der Waals surface area contributed by atoms with Crippen molar-refractivity contribution >= 4 is 33.5 Å². The Balaban J connectivity index is 2.38. The summed E-state index contributed by atoms with van der Waals surface area (Å²) in [7, 11) is 2.84. The van der Waals surface area contributed by atoms with Crippen LogP contribution < -0.4 is 5.73 Å². The fourth-order valence-electron chi connectivity index (χ4n) is 2.27. The van der Waals surface area contributed by atoms with E-state index in [0.29, 0.717) is 22.1 Å². The quantitative estimate of drug-likeness (QED) is 0.684. The Kier molecular flexibility index (Phi) is 2.56. The van der Waals surface area contributed by atoms with E-state index < -0.39 is 5.91 Å². The van der Waals surface area contributed by atoms with Gasteiger partial charge in [0.2, 0.25) is 0 Å². The number of benzene rings is 1. The van der Waals surface area contributed by atoms with E-state index in [4.69, 9.17) is 5.73 Å². The van der Waals surface area contributed by atoms with E-state index in [1.54, 1.807) is 30.1 Å². The van der Waals surface area contributed by atoms with E-state index in [9.17, 15) is 9.28 Å². The molecule has 0 aliphatic rings. The number of fused-ring (bicyclic) bond motifs is 3. The maximum Gasteiger partial charge on any atom is 0.281 e. The van der Waals surface area contributed by atoms with Crippen LogP contribution in [0, 0.1) is 0 Å². The van der Waals surface area contributed by atoms with Gasteiger partial charge in [-0.25, -0.2) is 4.98 Å². The molecule has 2 aromatic heterocycles. The van der Waals surface area contributed by atoms with E-state index >= 15 is 0 Å². The van der Waals surface area contributed by atoms with Gasteiger partial charge in [0.25, 0.3) is 5.91 Å². The van der Waals surface area contributed by atoms with Crippen molar-refractivity contribution in [3.63, 3.8) is 0 Å². The van der Waals surface area contributed by atoms with E-state index in [-0.39, 0.29) is 10.7 Å². The summed E-state index contributed by atoms with van der Waals surface area (Å²) in [6.07, 6.45) is 1.62. The lowest BCUT2D eigenvalue weighted by Crippen LogP contribution is -2.17. The number of amides is 1. The number of hydrogen-bond acceptors (Lipinski definition) is 4. The Labute approximate surface area is 113 Å². The number of nitrogens with zero attached hydrogens (tertiary/aromatic N) is 4. The second kappa shape index (κ2) is 4.16. The fourth-order valence-corrected chi connectivity index (χ4v) is 2.27. The Morgan fingerprint density at radius 1 is 1.40 bits per heavy atom. The predicted molar refractivity (Wildman–Crippen MR) is 73.6 cm³/mol. The van der Waals surface area contributed by atoms with E-state index in [2.05, 4.69) is 10.1 Å². The third-order valence-corrected chi connectivity index (χ3v) is 3.23. The summed E-state index contributed by atoms with van der Waals surface area (Å²) in [5.74, 6) is -0.332. The zero-order chi connectivity index (χ0) is 14.4. The first kappa shape index (κ1) is 12.3. The first-order valence-electron chi connectivity index (χ1n) is 5.94. The van der Waals surface area contributed by atoms with Gasteiger partial charge in [0.15, 0.2) is 0 Å². The van der Waals surface area contributed by atoms with Crippen LogP contribution in [0.2, 0.25) is 0 Å². The molecule has 2 heterocycles. The number of aryl methyl sites for hydroxylation is 1. The molecule has 0 atom stereocenters. The van der Waals surface area contributed by atoms with Crippen LogP contribution in [0.25, 0.3) is 21.8 Å². The van der Waals surface area contributed by atoms with Crippen LogP contribution in [-0.2, 0) is 7.05 Å². The summed E-state index contributed by atoms with van der Waals surface area (Å²) in [6.45, 7) is 0. The number of aromatic nitrogens is 3. The standard InChI is InChI=1S/C13H12FN5O/c1-18(14)13(20)7-3-4-10-8(5-7)11-9(12(15)17-10)6-16-19(11)2/h3-6H,1-2H3,(H2,15,17). The highest BCUT2D eigenvalue weighted by Gasteiger charge is 2.15. The molecular formula is C13H12FN5O. The highest BCUT2D eigenvalue weighted by atomic mass is 19.2. The van der Waals surface area contributed by atoms with Crippen molar-refractivity contribution in [2.75, 3.05) is 12.8 Å². The highest BCUT2D eigenvalue weighted by Crippen LogP contribution is 2.28. The number of halogens is 1. The molecule has 1 aromatic carbocycles. The number of nitrogen functional groups attached to an aromatic ring is 1. The lowest BCUT2D eigenvalue weighted by atomic mass is 10.1. The second-order valence-corrected chi connectivity index (χ2v) is 4.54. The molecular weight excluding hydrogens is 261 g/mol. The summed E-state index contributed by atoms with van der Waals surface area (Å²) in [5.41, 5.74) is 7.53. The Bertz CT molecular complexity index is 840. The number of pyridine rings is 1. The molecule has 20 heavy (non-hydrogen) atoms. The average Bonchev–Trinajstić information content (AvgIpc) is 2.81. The van der Waals surface area contributed by atoms with Gasteiger partial charge in [0.1, 0.15) is 5.82 Å². The van der Waals surface area contributed by atoms with E-state index in [1.807, 2.05) is 0 Å². The number of anilines is 1. The largest absolute Gasteiger partial charge is 0.383 e. The summed E-state index contributed by atoms with van der Waals surface area (Å²) < 4.78 is 14.7. The zero-order valence-corrected chi connectivity index (χ0v) is 11.0. The first-order chi connectivity index (χ1) is 9.49. The Morgan fingerprint density at radius 3 is 2.85 bits per heavy atom. The molecule has 0 unspecified atom stereocenters. The van der Waals surface area contributed by atoms with Crippen LogP contribution >= 0.6 is 0 Å². The fraction of sp³-hybridized carbons (Fsp3) is 0.154. The number of hydrogen-bond donors (Lipinski definition) is 1. The van der Waals surface area contributed by atoms with Gasteiger partial charge in [0, 0.05) is 25.0 Å². The first-order valence-corrected chi connectivity index (χ1v) is 5.94. The lowest BCUT2D eigenvalue weighted by molar-refractivity contribution is 0.0343.